The van der Waals surface area contributed by atoms with E-state index < -0.39 is 18.1 Å². The molecular weight excluding hydrogens is 312 g/mol. The van der Waals surface area contributed by atoms with Crippen molar-refractivity contribution in [3.8, 4) is 0 Å². The molecular formula is C17H22N2O5. The van der Waals surface area contributed by atoms with Crippen LogP contribution in [0.5, 0.6) is 0 Å². The summed E-state index contributed by atoms with van der Waals surface area (Å²) >= 11 is 0. The molecule has 2 atom stereocenters. The maximum atomic E-state index is 12.7. The van der Waals surface area contributed by atoms with Gasteiger partial charge in [0.1, 0.15) is 12.6 Å². The number of morpholine rings is 1. The fraction of sp³-hybridized carbons (Fsp3) is 0.471. The number of amides is 2. The summed E-state index contributed by atoms with van der Waals surface area (Å²) in [7, 11) is 1.54. The number of carbonyl (C=O) groups is 3. The molecule has 1 aromatic carbocycles. The zero-order valence-corrected chi connectivity index (χ0v) is 13.8. The van der Waals surface area contributed by atoms with E-state index in [9.17, 15) is 14.4 Å². The van der Waals surface area contributed by atoms with Crippen molar-refractivity contribution in [2.45, 2.75) is 32.0 Å². The summed E-state index contributed by atoms with van der Waals surface area (Å²) in [5, 5.41) is 8.77. The molecule has 1 aromatic rings. The van der Waals surface area contributed by atoms with Gasteiger partial charge in [-0.25, -0.2) is 0 Å². The van der Waals surface area contributed by atoms with Crippen LogP contribution in [-0.2, 0) is 25.7 Å². The number of hydrogen-bond acceptors (Lipinski definition) is 4. The van der Waals surface area contributed by atoms with E-state index in [-0.39, 0.29) is 31.4 Å². The first-order valence-corrected chi connectivity index (χ1v) is 7.82. The number of hydrogen-bond donors (Lipinski definition) is 1. The second kappa shape index (κ2) is 7.92. The van der Waals surface area contributed by atoms with E-state index in [1.807, 2.05) is 30.3 Å². The maximum absolute atomic E-state index is 12.7. The van der Waals surface area contributed by atoms with Gasteiger partial charge >= 0.3 is 5.97 Å². The molecule has 2 amide bonds. The molecule has 1 fully saturated rings. The van der Waals surface area contributed by atoms with Crippen molar-refractivity contribution in [1.29, 1.82) is 0 Å². The summed E-state index contributed by atoms with van der Waals surface area (Å²) in [5.74, 6) is -1.53. The van der Waals surface area contributed by atoms with E-state index in [1.54, 1.807) is 6.92 Å². The minimum Gasteiger partial charge on any atom is -0.481 e. The van der Waals surface area contributed by atoms with E-state index in [2.05, 4.69) is 0 Å². The van der Waals surface area contributed by atoms with Crippen molar-refractivity contribution >= 4 is 17.8 Å². The quantitative estimate of drug-likeness (QED) is 0.829. The first-order chi connectivity index (χ1) is 11.4. The van der Waals surface area contributed by atoms with Gasteiger partial charge in [0.05, 0.1) is 12.5 Å². The Labute approximate surface area is 140 Å². The van der Waals surface area contributed by atoms with Crippen molar-refractivity contribution in [2.24, 2.45) is 0 Å². The smallest absolute Gasteiger partial charge is 0.305 e. The molecule has 7 nitrogen and oxygen atoms in total. The number of carboxylic acid groups (broad SMARTS) is 1. The number of benzene rings is 1. The number of ether oxygens (including phenoxy) is 1. The Kier molecular flexibility index (Phi) is 5.92. The van der Waals surface area contributed by atoms with E-state index in [1.165, 1.54) is 16.8 Å². The highest BCUT2D eigenvalue weighted by molar-refractivity contribution is 5.89. The first-order valence-electron chi connectivity index (χ1n) is 7.82. The lowest BCUT2D eigenvalue weighted by Gasteiger charge is -2.40. The molecule has 1 saturated heterocycles. The lowest BCUT2D eigenvalue weighted by molar-refractivity contribution is -0.167. The van der Waals surface area contributed by atoms with Gasteiger partial charge in [-0.05, 0) is 12.5 Å². The molecule has 0 bridgehead atoms. The summed E-state index contributed by atoms with van der Waals surface area (Å²) in [4.78, 5) is 38.6. The average molecular weight is 334 g/mol. The molecule has 0 radical (unpaired) electrons. The number of carboxylic acids is 1. The summed E-state index contributed by atoms with van der Waals surface area (Å²) in [6.45, 7) is 2.09. The Balaban J connectivity index is 2.16. The third-order valence-electron chi connectivity index (χ3n) is 4.06. The summed E-state index contributed by atoms with van der Waals surface area (Å²) in [6.07, 6.45) is -0.595. The maximum Gasteiger partial charge on any atom is 0.305 e. The zero-order chi connectivity index (χ0) is 17.7. The zero-order valence-electron chi connectivity index (χ0n) is 13.8. The Hall–Kier alpha value is -2.41. The van der Waals surface area contributed by atoms with Crippen LogP contribution in [0, 0.1) is 0 Å². The van der Waals surface area contributed by atoms with Crippen LogP contribution in [0.2, 0.25) is 0 Å². The van der Waals surface area contributed by atoms with Crippen LogP contribution in [0.25, 0.3) is 0 Å². The monoisotopic (exact) mass is 334 g/mol. The van der Waals surface area contributed by atoms with Gasteiger partial charge in [0.15, 0.2) is 0 Å². The highest BCUT2D eigenvalue weighted by Gasteiger charge is 2.40. The van der Waals surface area contributed by atoms with Crippen LogP contribution in [0.15, 0.2) is 30.3 Å². The number of rotatable bonds is 6. The molecule has 1 N–H and O–H groups in total. The van der Waals surface area contributed by atoms with Crippen LogP contribution >= 0.6 is 0 Å². The number of likely N-dealkylation sites (N-methyl/N-ethyl adjacent to an activating group) is 1. The lowest BCUT2D eigenvalue weighted by Crippen LogP contribution is -2.59. The van der Waals surface area contributed by atoms with E-state index in [0.717, 1.165) is 5.56 Å². The van der Waals surface area contributed by atoms with Gasteiger partial charge in [-0.3, -0.25) is 14.4 Å². The molecule has 0 aromatic heterocycles. The fourth-order valence-electron chi connectivity index (χ4n) is 2.69. The third kappa shape index (κ3) is 4.32. The molecule has 1 aliphatic rings. The number of carbonyl (C=O) groups excluding carboxylic acids is 2. The van der Waals surface area contributed by atoms with Gasteiger partial charge in [-0.1, -0.05) is 30.3 Å². The topological polar surface area (TPSA) is 87.2 Å². The van der Waals surface area contributed by atoms with Crippen LogP contribution < -0.4 is 0 Å². The second-order valence-electron chi connectivity index (χ2n) is 5.87. The lowest BCUT2D eigenvalue weighted by atomic mass is 10.0. The molecule has 130 valence electrons. The standard InChI is InChI=1S/C17H22N2O5/c1-12-16(17(23)18(2)9-8-15(21)22)19(14(20)11-24-12)10-13-6-4-3-5-7-13/h3-7,12,16H,8-11H2,1-2H3,(H,21,22)/t12-,16+/m1/s1. The van der Waals surface area contributed by atoms with Gasteiger partial charge in [-0.15, -0.1) is 0 Å². The van der Waals surface area contributed by atoms with Crippen molar-refractivity contribution in [1.82, 2.24) is 9.80 Å². The number of nitrogens with zero attached hydrogens (tertiary/aromatic N) is 2. The molecule has 24 heavy (non-hydrogen) atoms. The van der Waals surface area contributed by atoms with Crippen LogP contribution in [0.3, 0.4) is 0 Å². The summed E-state index contributed by atoms with van der Waals surface area (Å²) in [5.41, 5.74) is 0.922. The van der Waals surface area contributed by atoms with E-state index in [4.69, 9.17) is 9.84 Å². The van der Waals surface area contributed by atoms with Crippen LogP contribution in [0.4, 0.5) is 0 Å². The summed E-state index contributed by atoms with van der Waals surface area (Å²) < 4.78 is 5.41. The van der Waals surface area contributed by atoms with Crippen LogP contribution in [-0.4, -0.2) is 65.0 Å². The van der Waals surface area contributed by atoms with Crippen molar-refractivity contribution in [2.75, 3.05) is 20.2 Å². The molecule has 1 heterocycles. The Morgan fingerprint density at radius 1 is 1.33 bits per heavy atom. The normalized spacial score (nSPS) is 20.8. The van der Waals surface area contributed by atoms with Gasteiger partial charge in [-0.2, -0.15) is 0 Å². The van der Waals surface area contributed by atoms with Gasteiger partial charge in [0.25, 0.3) is 0 Å². The highest BCUT2D eigenvalue weighted by Crippen LogP contribution is 2.20. The average Bonchev–Trinajstić information content (AvgIpc) is 2.56. The molecule has 2 rings (SSSR count). The van der Waals surface area contributed by atoms with Gasteiger partial charge in [0.2, 0.25) is 11.8 Å². The van der Waals surface area contributed by atoms with Gasteiger partial charge < -0.3 is 19.6 Å². The molecule has 0 spiro atoms. The van der Waals surface area contributed by atoms with E-state index in [0.29, 0.717) is 6.54 Å². The fourth-order valence-corrected chi connectivity index (χ4v) is 2.69. The SMILES string of the molecule is C[C@H]1OCC(=O)N(Cc2ccccc2)[C@@H]1C(=O)N(C)CCC(=O)O. The predicted octanol–water partition coefficient (Wildman–Crippen LogP) is 0.736. The molecule has 1 aliphatic heterocycles. The minimum absolute atomic E-state index is 0.0589. The second-order valence-corrected chi connectivity index (χ2v) is 5.87. The van der Waals surface area contributed by atoms with Crippen molar-refractivity contribution < 1.29 is 24.2 Å². The van der Waals surface area contributed by atoms with Crippen molar-refractivity contribution in [3.05, 3.63) is 35.9 Å². The minimum atomic E-state index is -0.972. The largest absolute Gasteiger partial charge is 0.481 e. The molecule has 0 unspecified atom stereocenters. The molecule has 0 saturated carbocycles. The Morgan fingerprint density at radius 2 is 2.00 bits per heavy atom. The summed E-state index contributed by atoms with van der Waals surface area (Å²) in [6, 6.07) is 8.66. The van der Waals surface area contributed by atoms with Crippen LogP contribution in [0.1, 0.15) is 18.9 Å². The Bertz CT molecular complexity index is 604. The molecule has 7 heteroatoms. The molecule has 0 aliphatic carbocycles. The Morgan fingerprint density at radius 3 is 2.62 bits per heavy atom. The third-order valence-corrected chi connectivity index (χ3v) is 4.06. The van der Waals surface area contributed by atoms with E-state index >= 15 is 0 Å². The van der Waals surface area contributed by atoms with Crippen molar-refractivity contribution in [3.63, 3.8) is 0 Å². The highest BCUT2D eigenvalue weighted by atomic mass is 16.5. The number of aliphatic carboxylic acids is 1. The predicted molar refractivity (Wildman–Crippen MR) is 86.1 cm³/mol. The van der Waals surface area contributed by atoms with Gasteiger partial charge in [0, 0.05) is 20.1 Å². The first kappa shape index (κ1) is 17.9.